The number of aromatic nitrogens is 1. The van der Waals surface area contributed by atoms with Crippen molar-refractivity contribution in [2.24, 2.45) is 0 Å². The van der Waals surface area contributed by atoms with Gasteiger partial charge in [-0.2, -0.15) is 13.2 Å². The van der Waals surface area contributed by atoms with Crippen LogP contribution in [0.3, 0.4) is 0 Å². The molecule has 2 aromatic carbocycles. The molecule has 1 amide bonds. The number of non-ortho nitro benzene ring substituents is 1. The molecule has 0 fully saturated rings. The number of benzene rings is 2. The van der Waals surface area contributed by atoms with E-state index in [0.29, 0.717) is 16.6 Å². The van der Waals surface area contributed by atoms with Crippen molar-refractivity contribution in [2.45, 2.75) is 6.18 Å². The van der Waals surface area contributed by atoms with Gasteiger partial charge in [-0.3, -0.25) is 14.9 Å². The zero-order chi connectivity index (χ0) is 20.6. The molecule has 3 aromatic rings. The average Bonchev–Trinajstić information content (AvgIpc) is 3.03. The van der Waals surface area contributed by atoms with E-state index in [4.69, 9.17) is 0 Å². The van der Waals surface area contributed by atoms with E-state index in [1.165, 1.54) is 30.5 Å². The summed E-state index contributed by atoms with van der Waals surface area (Å²) in [5.74, 6) is -0.686. The minimum atomic E-state index is -4.56. The lowest BCUT2D eigenvalue weighted by atomic mass is 10.1. The van der Waals surface area contributed by atoms with Gasteiger partial charge in [0.25, 0.3) is 11.6 Å². The largest absolute Gasteiger partial charge is 0.416 e. The Bertz CT molecular complexity index is 1070. The SMILES string of the molecule is CN(C)c1ccc(C(F)(F)F)cc1NC(=O)c1c[nH]c2ccc([N+](=O)[O-])cc12. The number of alkyl halides is 3. The monoisotopic (exact) mass is 392 g/mol. The first-order valence-corrected chi connectivity index (χ1v) is 8.03. The predicted octanol–water partition coefficient (Wildman–Crippen LogP) is 4.41. The molecule has 0 atom stereocenters. The molecule has 0 saturated heterocycles. The third-order valence-corrected chi connectivity index (χ3v) is 4.17. The van der Waals surface area contributed by atoms with Crippen molar-refractivity contribution >= 4 is 33.9 Å². The number of halogens is 3. The Morgan fingerprint density at radius 2 is 1.89 bits per heavy atom. The van der Waals surface area contributed by atoms with Crippen LogP contribution in [0.25, 0.3) is 10.9 Å². The van der Waals surface area contributed by atoms with E-state index in [2.05, 4.69) is 10.3 Å². The van der Waals surface area contributed by atoms with E-state index in [1.54, 1.807) is 19.0 Å². The Morgan fingerprint density at radius 1 is 1.18 bits per heavy atom. The van der Waals surface area contributed by atoms with Crippen molar-refractivity contribution in [1.29, 1.82) is 0 Å². The number of nitrogens with zero attached hydrogens (tertiary/aromatic N) is 2. The molecule has 0 radical (unpaired) electrons. The summed E-state index contributed by atoms with van der Waals surface area (Å²) in [7, 11) is 3.26. The number of nitro benzene ring substituents is 1. The lowest BCUT2D eigenvalue weighted by molar-refractivity contribution is -0.384. The van der Waals surface area contributed by atoms with Crippen LogP contribution in [0.15, 0.2) is 42.6 Å². The second-order valence-electron chi connectivity index (χ2n) is 6.27. The van der Waals surface area contributed by atoms with Crippen molar-refractivity contribution in [1.82, 2.24) is 4.98 Å². The molecule has 1 aromatic heterocycles. The van der Waals surface area contributed by atoms with Gasteiger partial charge < -0.3 is 15.2 Å². The van der Waals surface area contributed by atoms with Crippen LogP contribution in [0.1, 0.15) is 15.9 Å². The number of carbonyl (C=O) groups excluding carboxylic acids is 1. The lowest BCUT2D eigenvalue weighted by Gasteiger charge is -2.19. The molecule has 0 spiro atoms. The Labute approximate surface area is 156 Å². The maximum Gasteiger partial charge on any atom is 0.416 e. The Kier molecular flexibility index (Phi) is 4.72. The quantitative estimate of drug-likeness (QED) is 0.508. The smallest absolute Gasteiger partial charge is 0.376 e. The van der Waals surface area contributed by atoms with Gasteiger partial charge in [0.15, 0.2) is 0 Å². The summed E-state index contributed by atoms with van der Waals surface area (Å²) in [6.45, 7) is 0. The minimum absolute atomic E-state index is 0.0235. The van der Waals surface area contributed by atoms with Gasteiger partial charge >= 0.3 is 6.18 Å². The van der Waals surface area contributed by atoms with Gasteiger partial charge in [-0.1, -0.05) is 0 Å². The van der Waals surface area contributed by atoms with Crippen molar-refractivity contribution < 1.29 is 22.9 Å². The van der Waals surface area contributed by atoms with Gasteiger partial charge in [0.1, 0.15) is 0 Å². The second kappa shape index (κ2) is 6.87. The number of hydrogen-bond donors (Lipinski definition) is 2. The molecule has 3 rings (SSSR count). The molecule has 7 nitrogen and oxygen atoms in total. The minimum Gasteiger partial charge on any atom is -0.376 e. The van der Waals surface area contributed by atoms with Gasteiger partial charge in [0.2, 0.25) is 0 Å². The number of hydrogen-bond acceptors (Lipinski definition) is 4. The molecule has 2 N–H and O–H groups in total. The fourth-order valence-electron chi connectivity index (χ4n) is 2.80. The molecule has 146 valence electrons. The highest BCUT2D eigenvalue weighted by Crippen LogP contribution is 2.35. The van der Waals surface area contributed by atoms with Crippen LogP contribution < -0.4 is 10.2 Å². The first kappa shape index (κ1) is 19.2. The van der Waals surface area contributed by atoms with Crippen molar-refractivity contribution in [3.63, 3.8) is 0 Å². The topological polar surface area (TPSA) is 91.3 Å². The van der Waals surface area contributed by atoms with Crippen LogP contribution in [-0.2, 0) is 6.18 Å². The second-order valence-corrected chi connectivity index (χ2v) is 6.27. The summed E-state index contributed by atoms with van der Waals surface area (Å²) in [6, 6.07) is 7.03. The Morgan fingerprint density at radius 3 is 2.50 bits per heavy atom. The van der Waals surface area contributed by atoms with Crippen LogP contribution >= 0.6 is 0 Å². The van der Waals surface area contributed by atoms with E-state index in [-0.39, 0.29) is 16.9 Å². The molecule has 0 saturated carbocycles. The Hall–Kier alpha value is -3.56. The fraction of sp³-hybridized carbons (Fsp3) is 0.167. The summed E-state index contributed by atoms with van der Waals surface area (Å²) in [5.41, 5.74) is -0.164. The number of fused-ring (bicyclic) bond motifs is 1. The molecule has 0 bridgehead atoms. The molecule has 0 aliphatic rings. The molecule has 28 heavy (non-hydrogen) atoms. The first-order valence-electron chi connectivity index (χ1n) is 8.03. The summed E-state index contributed by atoms with van der Waals surface area (Å²) >= 11 is 0. The van der Waals surface area contributed by atoms with E-state index in [0.717, 1.165) is 12.1 Å². The van der Waals surface area contributed by atoms with Gasteiger partial charge in [-0.05, 0) is 24.3 Å². The van der Waals surface area contributed by atoms with Crippen molar-refractivity contribution in [3.8, 4) is 0 Å². The zero-order valence-electron chi connectivity index (χ0n) is 14.8. The summed E-state index contributed by atoms with van der Waals surface area (Å²) in [5, 5.41) is 13.7. The number of aromatic amines is 1. The summed E-state index contributed by atoms with van der Waals surface area (Å²) in [6.07, 6.45) is -3.21. The number of rotatable bonds is 4. The standard InChI is InChI=1S/C18H15F3N4O3/c1-24(2)16-6-3-10(18(19,20)21)7-15(16)23-17(26)13-9-22-14-5-4-11(25(27)28)8-12(13)14/h3-9,22H,1-2H3,(H,23,26). The molecule has 10 heteroatoms. The highest BCUT2D eigenvalue weighted by molar-refractivity contribution is 6.14. The van der Waals surface area contributed by atoms with Gasteiger partial charge in [-0.25, -0.2) is 0 Å². The fourth-order valence-corrected chi connectivity index (χ4v) is 2.80. The van der Waals surface area contributed by atoms with Gasteiger partial charge in [0, 0.05) is 43.3 Å². The molecule has 1 heterocycles. The third-order valence-electron chi connectivity index (χ3n) is 4.17. The maximum atomic E-state index is 13.0. The maximum absolute atomic E-state index is 13.0. The Balaban J connectivity index is 2.02. The van der Waals surface area contributed by atoms with Crippen LogP contribution in [-0.4, -0.2) is 29.9 Å². The van der Waals surface area contributed by atoms with Crippen molar-refractivity contribution in [2.75, 3.05) is 24.3 Å². The average molecular weight is 392 g/mol. The molecule has 0 aliphatic carbocycles. The number of H-pyrrole nitrogens is 1. The van der Waals surface area contributed by atoms with Crippen LogP contribution in [0.2, 0.25) is 0 Å². The van der Waals surface area contributed by atoms with Crippen molar-refractivity contribution in [3.05, 3.63) is 63.8 Å². The van der Waals surface area contributed by atoms with E-state index in [1.807, 2.05) is 0 Å². The number of nitrogens with one attached hydrogen (secondary N) is 2. The third kappa shape index (κ3) is 3.61. The summed E-state index contributed by atoms with van der Waals surface area (Å²) in [4.78, 5) is 27.5. The number of nitro groups is 1. The molecule has 0 unspecified atom stereocenters. The van der Waals surface area contributed by atoms with E-state index >= 15 is 0 Å². The number of carbonyl (C=O) groups is 1. The normalized spacial score (nSPS) is 11.5. The van der Waals surface area contributed by atoms with Crippen LogP contribution in [0, 0.1) is 10.1 Å². The molecular formula is C18H15F3N4O3. The number of anilines is 2. The molecule has 0 aliphatic heterocycles. The highest BCUT2D eigenvalue weighted by atomic mass is 19.4. The lowest BCUT2D eigenvalue weighted by Crippen LogP contribution is -2.18. The zero-order valence-corrected chi connectivity index (χ0v) is 14.8. The van der Waals surface area contributed by atoms with Crippen LogP contribution in [0.4, 0.5) is 30.2 Å². The first-order chi connectivity index (χ1) is 13.1. The van der Waals surface area contributed by atoms with Gasteiger partial charge in [0.05, 0.1) is 27.4 Å². The van der Waals surface area contributed by atoms with Crippen LogP contribution in [0.5, 0.6) is 0 Å². The number of amides is 1. The molecular weight excluding hydrogens is 377 g/mol. The van der Waals surface area contributed by atoms with Gasteiger partial charge in [-0.15, -0.1) is 0 Å². The summed E-state index contributed by atoms with van der Waals surface area (Å²) < 4.78 is 39.1. The van der Waals surface area contributed by atoms with E-state index < -0.39 is 22.6 Å². The van der Waals surface area contributed by atoms with E-state index in [9.17, 15) is 28.1 Å². The predicted molar refractivity (Wildman–Crippen MR) is 98.7 cm³/mol. The highest BCUT2D eigenvalue weighted by Gasteiger charge is 2.31.